The minimum atomic E-state index is -3.86. The number of primary sulfonamides is 1. The third kappa shape index (κ3) is 9.24. The Morgan fingerprint density at radius 1 is 0.614 bits per heavy atom. The van der Waals surface area contributed by atoms with E-state index in [9.17, 15) is 8.42 Å². The second-order valence-corrected chi connectivity index (χ2v) is 15.9. The number of benzene rings is 2. The molecule has 2 aromatic carbocycles. The lowest BCUT2D eigenvalue weighted by Crippen LogP contribution is -2.19. The van der Waals surface area contributed by atoms with Crippen molar-refractivity contribution >= 4 is 48.0 Å². The van der Waals surface area contributed by atoms with Crippen molar-refractivity contribution in [1.29, 1.82) is 0 Å². The van der Waals surface area contributed by atoms with Gasteiger partial charge in [0.2, 0.25) is 21.8 Å². The van der Waals surface area contributed by atoms with Gasteiger partial charge >= 0.3 is 0 Å². The molecule has 0 aliphatic carbocycles. The predicted octanol–water partition coefficient (Wildman–Crippen LogP) is 5.69. The van der Waals surface area contributed by atoms with E-state index in [4.69, 9.17) is 14.6 Å². The second-order valence-electron chi connectivity index (χ2n) is 13.5. The SMILES string of the molecule is CN(C)CCOc1ccc(-c2cnc3c(-c4ccc(S(N)(=O)=O)c5ccccc45)cnn3c2)cn1.CN(C)CCOc1ccc(-c2cnc3c(Br)cnn3c2)cn1. The maximum Gasteiger partial charge on any atom is 0.238 e. The summed E-state index contributed by atoms with van der Waals surface area (Å²) >= 11 is 3.41. The van der Waals surface area contributed by atoms with Gasteiger partial charge in [0, 0.05) is 95.6 Å². The zero-order valence-corrected chi connectivity index (χ0v) is 34.1. The van der Waals surface area contributed by atoms with Gasteiger partial charge in [0.25, 0.3) is 0 Å². The van der Waals surface area contributed by atoms with Crippen molar-refractivity contribution in [3.63, 3.8) is 0 Å². The molecule has 0 aliphatic heterocycles. The Morgan fingerprint density at radius 3 is 1.68 bits per heavy atom. The minimum Gasteiger partial charge on any atom is -0.476 e. The molecule has 0 fully saturated rings. The van der Waals surface area contributed by atoms with Crippen LogP contribution in [0.3, 0.4) is 0 Å². The van der Waals surface area contributed by atoms with Crippen LogP contribution < -0.4 is 14.6 Å². The van der Waals surface area contributed by atoms with Crippen molar-refractivity contribution in [2.45, 2.75) is 4.90 Å². The third-order valence-corrected chi connectivity index (χ3v) is 10.4. The molecule has 8 aromatic rings. The molecule has 17 heteroatoms. The number of likely N-dealkylation sites (N-methyl/N-ethyl adjacent to an activating group) is 2. The van der Waals surface area contributed by atoms with Crippen LogP contribution in [0.15, 0.2) is 120 Å². The number of hydrogen-bond donors (Lipinski definition) is 1. The summed E-state index contributed by atoms with van der Waals surface area (Å²) in [4.78, 5) is 22.0. The summed E-state index contributed by atoms with van der Waals surface area (Å²) in [5, 5.41) is 15.5. The van der Waals surface area contributed by atoms with E-state index in [0.29, 0.717) is 36.0 Å². The highest BCUT2D eigenvalue weighted by Gasteiger charge is 2.18. The molecular weight excluding hydrogens is 810 g/mol. The molecular formula is C40H40BrN11O4S. The van der Waals surface area contributed by atoms with Crippen molar-refractivity contribution < 1.29 is 17.9 Å². The summed E-state index contributed by atoms with van der Waals surface area (Å²) in [6.45, 7) is 2.86. The molecule has 0 saturated carbocycles. The zero-order chi connectivity index (χ0) is 40.1. The van der Waals surface area contributed by atoms with Gasteiger partial charge in [-0.1, -0.05) is 30.3 Å². The Hall–Kier alpha value is -5.85. The van der Waals surface area contributed by atoms with E-state index in [0.717, 1.165) is 62.0 Å². The Kier molecular flexibility index (Phi) is 11.8. The lowest BCUT2D eigenvalue weighted by molar-refractivity contribution is 0.254. The topological polar surface area (TPSA) is 171 Å². The molecule has 292 valence electrons. The maximum absolute atomic E-state index is 12.1. The maximum atomic E-state index is 12.1. The first kappa shape index (κ1) is 39.4. The van der Waals surface area contributed by atoms with Crippen LogP contribution in [0, 0.1) is 0 Å². The first-order valence-corrected chi connectivity index (χ1v) is 20.1. The molecule has 6 aromatic heterocycles. The van der Waals surface area contributed by atoms with Gasteiger partial charge in [-0.05, 0) is 73.3 Å². The van der Waals surface area contributed by atoms with E-state index in [1.807, 2.05) is 88.1 Å². The van der Waals surface area contributed by atoms with Gasteiger partial charge in [0.1, 0.15) is 13.2 Å². The lowest BCUT2D eigenvalue weighted by Gasteiger charge is -2.10. The van der Waals surface area contributed by atoms with Crippen LogP contribution >= 0.6 is 15.9 Å². The van der Waals surface area contributed by atoms with Crippen LogP contribution in [0.25, 0.3) is 55.4 Å². The third-order valence-electron chi connectivity index (χ3n) is 8.87. The van der Waals surface area contributed by atoms with Crippen molar-refractivity contribution in [1.82, 2.24) is 49.0 Å². The van der Waals surface area contributed by atoms with Crippen molar-refractivity contribution in [3.05, 3.63) is 115 Å². The smallest absolute Gasteiger partial charge is 0.238 e. The molecule has 2 N–H and O–H groups in total. The second kappa shape index (κ2) is 17.1. The van der Waals surface area contributed by atoms with Crippen LogP contribution in [0.2, 0.25) is 0 Å². The fourth-order valence-electron chi connectivity index (χ4n) is 5.90. The number of sulfonamides is 1. The lowest BCUT2D eigenvalue weighted by atomic mass is 10.00. The number of ether oxygens (including phenoxy) is 2. The summed E-state index contributed by atoms with van der Waals surface area (Å²) < 4.78 is 39.7. The quantitative estimate of drug-likeness (QED) is 0.160. The van der Waals surface area contributed by atoms with Crippen LogP contribution in [0.5, 0.6) is 11.8 Å². The molecule has 0 saturated heterocycles. The average Bonchev–Trinajstić information content (AvgIpc) is 3.80. The normalized spacial score (nSPS) is 11.7. The molecule has 0 bridgehead atoms. The van der Waals surface area contributed by atoms with Crippen LogP contribution in [0.4, 0.5) is 0 Å². The van der Waals surface area contributed by atoms with Crippen LogP contribution in [-0.2, 0) is 10.0 Å². The number of hydrogen-bond acceptors (Lipinski definition) is 12. The number of aromatic nitrogens is 8. The number of fused-ring (bicyclic) bond motifs is 3. The van der Waals surface area contributed by atoms with Gasteiger partial charge < -0.3 is 19.3 Å². The Balaban J connectivity index is 0.000000194. The van der Waals surface area contributed by atoms with E-state index in [-0.39, 0.29) is 4.90 Å². The largest absolute Gasteiger partial charge is 0.476 e. The first-order chi connectivity index (χ1) is 27.4. The van der Waals surface area contributed by atoms with Gasteiger partial charge in [-0.25, -0.2) is 42.5 Å². The number of rotatable bonds is 12. The zero-order valence-electron chi connectivity index (χ0n) is 31.7. The molecule has 6 heterocycles. The fraction of sp³-hybridized carbons (Fsp3) is 0.200. The van der Waals surface area contributed by atoms with E-state index in [1.54, 1.807) is 58.2 Å². The Labute approximate surface area is 337 Å². The van der Waals surface area contributed by atoms with Gasteiger partial charge in [-0.3, -0.25) is 0 Å². The summed E-state index contributed by atoms with van der Waals surface area (Å²) in [5.41, 5.74) is 6.73. The predicted molar refractivity (Wildman–Crippen MR) is 223 cm³/mol. The van der Waals surface area contributed by atoms with Gasteiger partial charge in [-0.2, -0.15) is 10.2 Å². The standard InChI is InChI=1S/C25H24N6O3S.C15H16BrN5O/c1-30(2)11-12-34-24-10-7-17(13-27-24)18-14-28-25-22(15-29-31(25)16-18)20-8-9-23(35(26,32)33)21-6-4-3-5-19(20)21;1-20(2)5-6-22-14-4-3-11(7-17-14)12-8-18-15-13(16)9-19-21(15)10-12/h3-10,13-16H,11-12H2,1-2H3,(H2,26,32,33);3-4,7-10H,5-6H2,1-2H3. The number of pyridine rings is 2. The number of nitrogens with two attached hydrogens (primary N) is 1. The van der Waals surface area contributed by atoms with Gasteiger partial charge in [-0.15, -0.1) is 0 Å². The highest BCUT2D eigenvalue weighted by molar-refractivity contribution is 9.10. The van der Waals surface area contributed by atoms with Gasteiger partial charge in [0.15, 0.2) is 11.3 Å². The molecule has 0 atom stereocenters. The van der Waals surface area contributed by atoms with E-state index >= 15 is 0 Å². The molecule has 57 heavy (non-hydrogen) atoms. The minimum absolute atomic E-state index is 0.0882. The number of halogens is 1. The van der Waals surface area contributed by atoms with Crippen molar-refractivity contribution in [3.8, 4) is 45.1 Å². The Morgan fingerprint density at radius 2 is 1.14 bits per heavy atom. The highest BCUT2D eigenvalue weighted by Crippen LogP contribution is 2.34. The fourth-order valence-corrected chi connectivity index (χ4v) is 7.02. The number of nitrogens with zero attached hydrogens (tertiary/aromatic N) is 10. The average molecular weight is 851 g/mol. The summed E-state index contributed by atoms with van der Waals surface area (Å²) in [6, 6.07) is 18.1. The summed E-state index contributed by atoms with van der Waals surface area (Å²) in [6.07, 6.45) is 14.4. The molecule has 8 rings (SSSR count). The summed E-state index contributed by atoms with van der Waals surface area (Å²) in [5.74, 6) is 1.20. The van der Waals surface area contributed by atoms with E-state index in [1.165, 1.54) is 6.07 Å². The van der Waals surface area contributed by atoms with Gasteiger partial charge in [0.05, 0.1) is 21.8 Å². The summed E-state index contributed by atoms with van der Waals surface area (Å²) in [7, 11) is 4.15. The molecule has 0 radical (unpaired) electrons. The molecule has 0 unspecified atom stereocenters. The van der Waals surface area contributed by atoms with Crippen LogP contribution in [0.1, 0.15) is 0 Å². The molecule has 0 spiro atoms. The first-order valence-electron chi connectivity index (χ1n) is 17.8. The van der Waals surface area contributed by atoms with Crippen LogP contribution in [-0.4, -0.2) is 112 Å². The monoisotopic (exact) mass is 849 g/mol. The van der Waals surface area contributed by atoms with Crippen molar-refractivity contribution in [2.24, 2.45) is 5.14 Å². The molecule has 0 amide bonds. The molecule has 15 nitrogen and oxygen atoms in total. The Bertz CT molecular complexity index is 2760. The van der Waals surface area contributed by atoms with E-state index in [2.05, 4.69) is 51.0 Å². The molecule has 0 aliphatic rings. The van der Waals surface area contributed by atoms with E-state index < -0.39 is 10.0 Å². The van der Waals surface area contributed by atoms with Crippen molar-refractivity contribution in [2.75, 3.05) is 54.5 Å². The highest BCUT2D eigenvalue weighted by atomic mass is 79.9.